The van der Waals surface area contributed by atoms with E-state index in [9.17, 15) is 0 Å². The Hall–Kier alpha value is 0.0700. The molecule has 0 aromatic heterocycles. The van der Waals surface area contributed by atoms with Crippen molar-refractivity contribution in [2.45, 2.75) is 23.2 Å². The zero-order valence-corrected chi connectivity index (χ0v) is 7.23. The van der Waals surface area contributed by atoms with Gasteiger partial charge >= 0.3 is 0 Å². The van der Waals surface area contributed by atoms with E-state index in [1.54, 1.807) is 0 Å². The normalized spacial score (nSPS) is 28.8. The average molecular weight is 236 g/mol. The Morgan fingerprint density at radius 3 is 2.56 bits per heavy atom. The van der Waals surface area contributed by atoms with E-state index in [1.807, 2.05) is 0 Å². The summed E-state index contributed by atoms with van der Waals surface area (Å²) in [6.45, 7) is 0. The third-order valence-corrected chi connectivity index (χ3v) is 2.77. The average Bonchev–Trinajstić information content (AvgIpc) is 1.83. The van der Waals surface area contributed by atoms with Crippen LogP contribution in [0.4, 0.5) is 0 Å². The molecule has 0 aromatic carbocycles. The molecule has 50 valence electrons. The first-order valence-electron chi connectivity index (χ1n) is 3.02. The van der Waals surface area contributed by atoms with E-state index in [-0.39, 0.29) is 0 Å². The van der Waals surface area contributed by atoms with Gasteiger partial charge in [-0.15, -0.1) is 0 Å². The van der Waals surface area contributed by atoms with Crippen LogP contribution in [-0.4, -0.2) is 15.3 Å². The smallest absolute Gasteiger partial charge is 0.0649 e. The minimum absolute atomic E-state index is 0.309. The summed E-state index contributed by atoms with van der Waals surface area (Å²) in [5.74, 6) is 0. The van der Waals surface area contributed by atoms with Crippen LogP contribution in [0, 0.1) is 10.8 Å². The van der Waals surface area contributed by atoms with Crippen LogP contribution in [0.15, 0.2) is 0 Å². The maximum Gasteiger partial charge on any atom is 0.0649 e. The van der Waals surface area contributed by atoms with Crippen LogP contribution in [0.2, 0.25) is 0 Å². The Bertz CT molecular complexity index is 153. The van der Waals surface area contributed by atoms with Crippen molar-refractivity contribution < 1.29 is 0 Å². The maximum atomic E-state index is 7.37. The van der Waals surface area contributed by atoms with E-state index in [2.05, 4.69) is 22.6 Å². The van der Waals surface area contributed by atoms with Crippen LogP contribution in [-0.2, 0) is 0 Å². The molecular weight excluding hydrogens is 227 g/mol. The van der Waals surface area contributed by atoms with Crippen LogP contribution < -0.4 is 0 Å². The Balaban J connectivity index is 2.62. The van der Waals surface area contributed by atoms with Crippen LogP contribution in [0.5, 0.6) is 0 Å². The summed E-state index contributed by atoms with van der Waals surface area (Å²) in [6.07, 6.45) is 2.99. The molecule has 1 aliphatic rings. The van der Waals surface area contributed by atoms with Crippen molar-refractivity contribution in [3.8, 4) is 0 Å². The first-order valence-corrected chi connectivity index (χ1v) is 4.26. The van der Waals surface area contributed by atoms with Gasteiger partial charge in [0.15, 0.2) is 0 Å². The molecule has 0 saturated heterocycles. The van der Waals surface area contributed by atoms with E-state index in [0.29, 0.717) is 15.3 Å². The minimum atomic E-state index is 0.309. The van der Waals surface area contributed by atoms with Gasteiger partial charge in [-0.05, 0) is 19.3 Å². The third kappa shape index (κ3) is 1.50. The molecule has 3 heteroatoms. The lowest BCUT2D eigenvalue weighted by Gasteiger charge is -2.17. The van der Waals surface area contributed by atoms with E-state index in [1.165, 1.54) is 0 Å². The molecule has 0 aromatic rings. The molecule has 1 unspecified atom stereocenters. The summed E-state index contributed by atoms with van der Waals surface area (Å²) in [7, 11) is 0. The highest BCUT2D eigenvalue weighted by Crippen LogP contribution is 2.18. The lowest BCUT2D eigenvalue weighted by molar-refractivity contribution is 0.794. The predicted octanol–water partition coefficient (Wildman–Crippen LogP) is 2.01. The SMILES string of the molecule is N=C1CCCC(I)C1=N. The van der Waals surface area contributed by atoms with E-state index in [0.717, 1.165) is 19.3 Å². The van der Waals surface area contributed by atoms with Crippen molar-refractivity contribution in [1.82, 2.24) is 0 Å². The van der Waals surface area contributed by atoms with Gasteiger partial charge in [0.25, 0.3) is 0 Å². The van der Waals surface area contributed by atoms with Crippen LogP contribution >= 0.6 is 22.6 Å². The van der Waals surface area contributed by atoms with Gasteiger partial charge in [0.2, 0.25) is 0 Å². The quantitative estimate of drug-likeness (QED) is 0.477. The standard InChI is InChI=1S/C6H9IN2/c7-4-2-1-3-5(8)6(4)9/h4,8-9H,1-3H2. The molecule has 2 nitrogen and oxygen atoms in total. The zero-order valence-electron chi connectivity index (χ0n) is 5.08. The lowest BCUT2D eigenvalue weighted by atomic mass is 9.97. The second-order valence-corrected chi connectivity index (χ2v) is 3.76. The molecule has 1 aliphatic carbocycles. The number of nitrogens with one attached hydrogen (secondary N) is 2. The molecule has 0 spiro atoms. The van der Waals surface area contributed by atoms with Crippen LogP contribution in [0.3, 0.4) is 0 Å². The van der Waals surface area contributed by atoms with Crippen molar-refractivity contribution in [3.05, 3.63) is 0 Å². The van der Waals surface area contributed by atoms with Crippen molar-refractivity contribution in [3.63, 3.8) is 0 Å². The fourth-order valence-corrected chi connectivity index (χ4v) is 1.74. The number of rotatable bonds is 0. The van der Waals surface area contributed by atoms with Gasteiger partial charge in [0, 0.05) is 0 Å². The van der Waals surface area contributed by atoms with Crippen LogP contribution in [0.25, 0.3) is 0 Å². The molecule has 0 radical (unpaired) electrons. The number of hydrogen-bond acceptors (Lipinski definition) is 2. The first-order chi connectivity index (χ1) is 4.22. The largest absolute Gasteiger partial charge is 0.303 e. The number of alkyl halides is 1. The van der Waals surface area contributed by atoms with Crippen LogP contribution in [0.1, 0.15) is 19.3 Å². The van der Waals surface area contributed by atoms with Crippen molar-refractivity contribution in [1.29, 1.82) is 10.8 Å². The van der Waals surface area contributed by atoms with Gasteiger partial charge in [-0.25, -0.2) is 0 Å². The summed E-state index contributed by atoms with van der Waals surface area (Å²) >= 11 is 2.23. The Morgan fingerprint density at radius 2 is 2.11 bits per heavy atom. The highest BCUT2D eigenvalue weighted by Gasteiger charge is 2.19. The molecule has 1 atom stereocenters. The topological polar surface area (TPSA) is 47.7 Å². The number of hydrogen-bond donors (Lipinski definition) is 2. The predicted molar refractivity (Wildman–Crippen MR) is 47.1 cm³/mol. The molecule has 0 heterocycles. The zero-order chi connectivity index (χ0) is 6.85. The van der Waals surface area contributed by atoms with Gasteiger partial charge < -0.3 is 10.8 Å². The maximum absolute atomic E-state index is 7.37. The van der Waals surface area contributed by atoms with Gasteiger partial charge in [0.05, 0.1) is 15.3 Å². The summed E-state index contributed by atoms with van der Waals surface area (Å²) in [5.41, 5.74) is 1.09. The summed E-state index contributed by atoms with van der Waals surface area (Å²) in [5, 5.41) is 14.7. The second kappa shape index (κ2) is 2.77. The molecule has 0 bridgehead atoms. The van der Waals surface area contributed by atoms with Crippen molar-refractivity contribution in [2.24, 2.45) is 0 Å². The highest BCUT2D eigenvalue weighted by atomic mass is 127. The van der Waals surface area contributed by atoms with Gasteiger partial charge in [-0.3, -0.25) is 0 Å². The highest BCUT2D eigenvalue weighted by molar-refractivity contribution is 14.1. The molecule has 9 heavy (non-hydrogen) atoms. The molecule has 1 saturated carbocycles. The first kappa shape index (κ1) is 7.18. The minimum Gasteiger partial charge on any atom is -0.303 e. The fraction of sp³-hybridized carbons (Fsp3) is 0.667. The van der Waals surface area contributed by atoms with E-state index in [4.69, 9.17) is 10.8 Å². The van der Waals surface area contributed by atoms with Gasteiger partial charge in [0.1, 0.15) is 0 Å². The summed E-state index contributed by atoms with van der Waals surface area (Å²) < 4.78 is 0.309. The molecular formula is C6H9IN2. The molecule has 1 fully saturated rings. The molecule has 0 amide bonds. The molecule has 0 aliphatic heterocycles. The lowest BCUT2D eigenvalue weighted by Crippen LogP contribution is -2.26. The van der Waals surface area contributed by atoms with Gasteiger partial charge in [-0.1, -0.05) is 22.6 Å². The van der Waals surface area contributed by atoms with Crippen molar-refractivity contribution in [2.75, 3.05) is 0 Å². The summed E-state index contributed by atoms with van der Waals surface area (Å²) in [6, 6.07) is 0. The Morgan fingerprint density at radius 1 is 1.44 bits per heavy atom. The van der Waals surface area contributed by atoms with E-state index < -0.39 is 0 Å². The van der Waals surface area contributed by atoms with E-state index >= 15 is 0 Å². The van der Waals surface area contributed by atoms with Gasteiger partial charge in [-0.2, -0.15) is 0 Å². The summed E-state index contributed by atoms with van der Waals surface area (Å²) in [4.78, 5) is 0. The Labute approximate surface area is 68.2 Å². The fourth-order valence-electron chi connectivity index (χ4n) is 0.926. The molecule has 2 N–H and O–H groups in total. The number of halogens is 1. The molecule has 1 rings (SSSR count). The third-order valence-electron chi connectivity index (χ3n) is 1.52. The second-order valence-electron chi connectivity index (χ2n) is 2.25. The van der Waals surface area contributed by atoms with Crippen molar-refractivity contribution >= 4 is 34.0 Å². The monoisotopic (exact) mass is 236 g/mol. The Kier molecular flexibility index (Phi) is 2.21.